The minimum Gasteiger partial charge on any atom is -0.358 e. The molecule has 1 aliphatic heterocycles. The molecule has 2 heterocycles. The number of likely N-dealkylation sites (tertiary alicyclic amines) is 1. The largest absolute Gasteiger partial charge is 0.358 e. The highest BCUT2D eigenvalue weighted by Gasteiger charge is 2.31. The van der Waals surface area contributed by atoms with E-state index in [2.05, 4.69) is 35.3 Å². The quantitative estimate of drug-likeness (QED) is 0.846. The number of nitrogens with one attached hydrogen (secondary N) is 1. The fourth-order valence-corrected chi connectivity index (χ4v) is 3.21. The lowest BCUT2D eigenvalue weighted by molar-refractivity contribution is -0.140. The van der Waals surface area contributed by atoms with Gasteiger partial charge in [-0.25, -0.2) is 0 Å². The molecular weight excluding hydrogens is 260 g/mol. The average Bonchev–Trinajstić information content (AvgIpc) is 2.89. The molecule has 0 saturated carbocycles. The predicted molar refractivity (Wildman–Crippen MR) is 86.3 cm³/mol. The third-order valence-corrected chi connectivity index (χ3v) is 4.34. The molecule has 1 atom stereocenters. The smallest absolute Gasteiger partial charge is 0.227 e. The van der Waals surface area contributed by atoms with Gasteiger partial charge in [-0.1, -0.05) is 39.0 Å². The molecule has 0 radical (unpaired) electrons. The predicted octanol–water partition coefficient (Wildman–Crippen LogP) is 3.92. The van der Waals surface area contributed by atoms with Crippen LogP contribution < -0.4 is 0 Å². The molecule has 1 saturated heterocycles. The normalized spacial score (nSPS) is 20.0. The van der Waals surface area contributed by atoms with Gasteiger partial charge in [0.1, 0.15) is 0 Å². The number of aromatic nitrogens is 1. The van der Waals surface area contributed by atoms with Crippen molar-refractivity contribution in [3.05, 3.63) is 36.0 Å². The summed E-state index contributed by atoms with van der Waals surface area (Å²) in [5, 5.41) is 1.26. The molecule has 1 aliphatic rings. The molecule has 2 aromatic rings. The summed E-state index contributed by atoms with van der Waals surface area (Å²) in [6, 6.07) is 10.6. The summed E-state index contributed by atoms with van der Waals surface area (Å²) >= 11 is 0. The van der Waals surface area contributed by atoms with E-state index >= 15 is 0 Å². The Morgan fingerprint density at radius 2 is 2.05 bits per heavy atom. The van der Waals surface area contributed by atoms with E-state index in [0.29, 0.717) is 5.92 Å². The molecule has 3 rings (SSSR count). The van der Waals surface area contributed by atoms with Crippen molar-refractivity contribution in [3.8, 4) is 0 Å². The number of carbonyl (C=O) groups excluding carboxylic acids is 1. The molecule has 0 spiro atoms. The van der Waals surface area contributed by atoms with Crippen LogP contribution >= 0.6 is 0 Å². The number of benzene rings is 1. The van der Waals surface area contributed by atoms with Crippen molar-refractivity contribution in [1.29, 1.82) is 0 Å². The van der Waals surface area contributed by atoms with Crippen LogP contribution in [0.5, 0.6) is 0 Å². The molecule has 0 bridgehead atoms. The second-order valence-electron chi connectivity index (χ2n) is 7.15. The van der Waals surface area contributed by atoms with Crippen LogP contribution in [-0.4, -0.2) is 28.9 Å². The van der Waals surface area contributed by atoms with E-state index in [1.807, 2.05) is 25.7 Å². The van der Waals surface area contributed by atoms with Gasteiger partial charge < -0.3 is 9.88 Å². The third-order valence-electron chi connectivity index (χ3n) is 4.34. The van der Waals surface area contributed by atoms with Crippen LogP contribution in [0.15, 0.2) is 30.3 Å². The molecule has 1 fully saturated rings. The fourth-order valence-electron chi connectivity index (χ4n) is 3.21. The summed E-state index contributed by atoms with van der Waals surface area (Å²) in [5.41, 5.74) is 2.16. The standard InChI is InChI=1S/C18H24N2O/c1-18(2,3)17(21)20-10-6-8-14(12-20)16-11-13-7-4-5-9-15(13)19-16/h4-5,7,9,11,14,19H,6,8,10,12H2,1-3H3. The van der Waals surface area contributed by atoms with E-state index in [1.54, 1.807) is 0 Å². The second-order valence-corrected chi connectivity index (χ2v) is 7.15. The lowest BCUT2D eigenvalue weighted by Crippen LogP contribution is -2.44. The zero-order chi connectivity index (χ0) is 15.0. The van der Waals surface area contributed by atoms with Gasteiger partial charge in [-0.3, -0.25) is 4.79 Å². The van der Waals surface area contributed by atoms with Crippen molar-refractivity contribution in [3.63, 3.8) is 0 Å². The van der Waals surface area contributed by atoms with Gasteiger partial charge in [0.25, 0.3) is 0 Å². The van der Waals surface area contributed by atoms with E-state index in [4.69, 9.17) is 0 Å². The molecule has 21 heavy (non-hydrogen) atoms. The van der Waals surface area contributed by atoms with E-state index in [1.165, 1.54) is 16.6 Å². The van der Waals surface area contributed by atoms with Gasteiger partial charge in [0.15, 0.2) is 0 Å². The lowest BCUT2D eigenvalue weighted by Gasteiger charge is -2.36. The minimum atomic E-state index is -0.289. The number of fused-ring (bicyclic) bond motifs is 1. The van der Waals surface area contributed by atoms with E-state index in [0.717, 1.165) is 25.9 Å². The molecule has 112 valence electrons. The molecule has 1 amide bonds. The summed E-state index contributed by atoms with van der Waals surface area (Å²) in [5.74, 6) is 0.695. The van der Waals surface area contributed by atoms with Crippen LogP contribution in [-0.2, 0) is 4.79 Å². The fraction of sp³-hybridized carbons (Fsp3) is 0.500. The van der Waals surface area contributed by atoms with Gasteiger partial charge >= 0.3 is 0 Å². The Hall–Kier alpha value is -1.77. The Morgan fingerprint density at radius 3 is 2.76 bits per heavy atom. The summed E-state index contributed by atoms with van der Waals surface area (Å²) in [6.07, 6.45) is 2.24. The second kappa shape index (κ2) is 5.21. The molecule has 3 heteroatoms. The Kier molecular flexibility index (Phi) is 3.52. The van der Waals surface area contributed by atoms with Gasteiger partial charge in [-0.15, -0.1) is 0 Å². The number of hydrogen-bond donors (Lipinski definition) is 1. The summed E-state index contributed by atoms with van der Waals surface area (Å²) in [6.45, 7) is 7.74. The monoisotopic (exact) mass is 284 g/mol. The van der Waals surface area contributed by atoms with Crippen molar-refractivity contribution >= 4 is 16.8 Å². The highest BCUT2D eigenvalue weighted by Crippen LogP contribution is 2.30. The SMILES string of the molecule is CC(C)(C)C(=O)N1CCCC(c2cc3ccccc3[nH]2)C1. The number of amides is 1. The number of piperidine rings is 1. The number of nitrogens with zero attached hydrogens (tertiary/aromatic N) is 1. The first-order valence-electron chi connectivity index (χ1n) is 7.82. The van der Waals surface area contributed by atoms with Crippen molar-refractivity contribution in [2.45, 2.75) is 39.5 Å². The van der Waals surface area contributed by atoms with E-state index in [9.17, 15) is 4.79 Å². The first kappa shape index (κ1) is 14.2. The number of aromatic amines is 1. The zero-order valence-corrected chi connectivity index (χ0v) is 13.1. The van der Waals surface area contributed by atoms with Gasteiger partial charge in [0.05, 0.1) is 0 Å². The Bertz CT molecular complexity index is 618. The van der Waals surface area contributed by atoms with Crippen LogP contribution in [0.3, 0.4) is 0 Å². The molecule has 1 aromatic carbocycles. The maximum Gasteiger partial charge on any atom is 0.227 e. The van der Waals surface area contributed by atoms with Crippen molar-refractivity contribution < 1.29 is 4.79 Å². The lowest BCUT2D eigenvalue weighted by atomic mass is 9.90. The van der Waals surface area contributed by atoms with Crippen LogP contribution in [0.4, 0.5) is 0 Å². The molecule has 1 aromatic heterocycles. The Balaban J connectivity index is 1.81. The molecule has 3 nitrogen and oxygen atoms in total. The van der Waals surface area contributed by atoms with Crippen LogP contribution in [0.25, 0.3) is 10.9 Å². The number of para-hydroxylation sites is 1. The highest BCUT2D eigenvalue weighted by atomic mass is 16.2. The van der Waals surface area contributed by atoms with Crippen LogP contribution in [0.2, 0.25) is 0 Å². The Labute approximate surface area is 126 Å². The molecule has 1 N–H and O–H groups in total. The maximum absolute atomic E-state index is 12.5. The maximum atomic E-state index is 12.5. The average molecular weight is 284 g/mol. The first-order valence-corrected chi connectivity index (χ1v) is 7.82. The van der Waals surface area contributed by atoms with Crippen LogP contribution in [0, 0.1) is 5.41 Å². The topological polar surface area (TPSA) is 36.1 Å². The number of H-pyrrole nitrogens is 1. The van der Waals surface area contributed by atoms with Crippen molar-refractivity contribution in [1.82, 2.24) is 9.88 Å². The van der Waals surface area contributed by atoms with Crippen molar-refractivity contribution in [2.75, 3.05) is 13.1 Å². The van der Waals surface area contributed by atoms with Gasteiger partial charge in [-0.05, 0) is 30.4 Å². The van der Waals surface area contributed by atoms with Gasteiger partial charge in [0.2, 0.25) is 5.91 Å². The number of rotatable bonds is 1. The summed E-state index contributed by atoms with van der Waals surface area (Å²) in [7, 11) is 0. The first-order chi connectivity index (χ1) is 9.95. The third kappa shape index (κ3) is 2.82. The van der Waals surface area contributed by atoms with Gasteiger partial charge in [-0.2, -0.15) is 0 Å². The van der Waals surface area contributed by atoms with E-state index in [-0.39, 0.29) is 11.3 Å². The van der Waals surface area contributed by atoms with E-state index < -0.39 is 0 Å². The molecule has 0 aliphatic carbocycles. The van der Waals surface area contributed by atoms with Gasteiger partial charge in [0, 0.05) is 35.6 Å². The minimum absolute atomic E-state index is 0.267. The molecule has 1 unspecified atom stereocenters. The summed E-state index contributed by atoms with van der Waals surface area (Å²) < 4.78 is 0. The molecular formula is C18H24N2O. The van der Waals surface area contributed by atoms with Crippen molar-refractivity contribution in [2.24, 2.45) is 5.41 Å². The number of carbonyl (C=O) groups is 1. The summed E-state index contributed by atoms with van der Waals surface area (Å²) in [4.78, 5) is 18.1. The van der Waals surface area contributed by atoms with Crippen LogP contribution in [0.1, 0.15) is 45.2 Å². The Morgan fingerprint density at radius 1 is 1.29 bits per heavy atom. The number of hydrogen-bond acceptors (Lipinski definition) is 1. The highest BCUT2D eigenvalue weighted by molar-refractivity contribution is 5.82. The zero-order valence-electron chi connectivity index (χ0n) is 13.1.